The van der Waals surface area contributed by atoms with Gasteiger partial charge in [0.2, 0.25) is 0 Å². The minimum Gasteiger partial charge on any atom is -0.446 e. The highest BCUT2D eigenvalue weighted by Gasteiger charge is 2.22. The number of fused-ring (bicyclic) bond motifs is 1. The van der Waals surface area contributed by atoms with Crippen LogP contribution in [-0.4, -0.2) is 25.4 Å². The second-order valence-corrected chi connectivity index (χ2v) is 6.87. The normalized spacial score (nSPS) is 14.1. The van der Waals surface area contributed by atoms with E-state index >= 15 is 0 Å². The molecular weight excluding hydrogens is 350 g/mol. The molecule has 0 unspecified atom stereocenters. The number of furan rings is 1. The average molecular weight is 369 g/mol. The lowest BCUT2D eigenvalue weighted by Gasteiger charge is -2.14. The topological polar surface area (TPSA) is 68.2 Å². The van der Waals surface area contributed by atoms with Gasteiger partial charge in [-0.25, -0.2) is 9.97 Å². The van der Waals surface area contributed by atoms with Gasteiger partial charge in [0.15, 0.2) is 17.2 Å². The number of aromatic nitrogens is 4. The van der Waals surface area contributed by atoms with E-state index in [-0.39, 0.29) is 0 Å². The standard InChI is InChI=1S/C22H19N5O/c1-2-7-17(6-1)25-22-21(26-20-15-23-13-14-27(20)22)19-11-10-18(28-19)9-8-16-5-3-4-12-24-16/h3-5,10-15,17,25H,1-2,6-7H2. The molecule has 0 amide bonds. The van der Waals surface area contributed by atoms with E-state index in [1.54, 1.807) is 18.6 Å². The first-order valence-electron chi connectivity index (χ1n) is 9.49. The third-order valence-corrected chi connectivity index (χ3v) is 4.94. The number of pyridine rings is 1. The highest BCUT2D eigenvalue weighted by atomic mass is 16.3. The zero-order valence-corrected chi connectivity index (χ0v) is 15.3. The van der Waals surface area contributed by atoms with Crippen LogP contribution in [0.1, 0.15) is 37.1 Å². The molecule has 0 atom stereocenters. The molecule has 0 aliphatic heterocycles. The minimum absolute atomic E-state index is 0.463. The Morgan fingerprint density at radius 2 is 2.00 bits per heavy atom. The number of hydrogen-bond acceptors (Lipinski definition) is 5. The van der Waals surface area contributed by atoms with Gasteiger partial charge in [-0.05, 0) is 48.9 Å². The van der Waals surface area contributed by atoms with Gasteiger partial charge in [-0.3, -0.25) is 9.38 Å². The first-order chi connectivity index (χ1) is 13.9. The van der Waals surface area contributed by atoms with Crippen LogP contribution in [-0.2, 0) is 0 Å². The van der Waals surface area contributed by atoms with Crippen LogP contribution in [0.5, 0.6) is 0 Å². The molecule has 0 radical (unpaired) electrons. The Morgan fingerprint density at radius 3 is 2.86 bits per heavy atom. The van der Waals surface area contributed by atoms with Gasteiger partial charge >= 0.3 is 0 Å². The summed E-state index contributed by atoms with van der Waals surface area (Å²) in [5.41, 5.74) is 2.28. The predicted molar refractivity (Wildman–Crippen MR) is 107 cm³/mol. The molecule has 1 N–H and O–H groups in total. The van der Waals surface area contributed by atoms with Crippen LogP contribution in [0.4, 0.5) is 5.82 Å². The molecule has 4 heterocycles. The van der Waals surface area contributed by atoms with Gasteiger partial charge in [-0.15, -0.1) is 0 Å². The summed E-state index contributed by atoms with van der Waals surface area (Å²) >= 11 is 0. The molecule has 0 spiro atoms. The molecule has 1 aliphatic carbocycles. The van der Waals surface area contributed by atoms with E-state index in [1.807, 2.05) is 40.9 Å². The van der Waals surface area contributed by atoms with E-state index in [2.05, 4.69) is 27.1 Å². The van der Waals surface area contributed by atoms with Crippen molar-refractivity contribution in [2.75, 3.05) is 5.32 Å². The molecule has 1 saturated carbocycles. The summed E-state index contributed by atoms with van der Waals surface area (Å²) in [4.78, 5) is 13.1. The lowest BCUT2D eigenvalue weighted by molar-refractivity contribution is 0.567. The van der Waals surface area contributed by atoms with Gasteiger partial charge in [-0.2, -0.15) is 0 Å². The molecule has 6 nitrogen and oxygen atoms in total. The predicted octanol–water partition coefficient (Wildman–Crippen LogP) is 4.14. The third kappa shape index (κ3) is 3.23. The van der Waals surface area contributed by atoms with Crippen molar-refractivity contribution in [2.45, 2.75) is 31.7 Å². The molecule has 138 valence electrons. The molecular formula is C22H19N5O. The van der Waals surface area contributed by atoms with E-state index in [9.17, 15) is 0 Å². The van der Waals surface area contributed by atoms with Gasteiger partial charge in [0, 0.05) is 24.6 Å². The van der Waals surface area contributed by atoms with E-state index in [1.165, 1.54) is 25.7 Å². The first kappa shape index (κ1) is 16.6. The van der Waals surface area contributed by atoms with Crippen LogP contribution >= 0.6 is 0 Å². The van der Waals surface area contributed by atoms with Crippen molar-refractivity contribution in [3.63, 3.8) is 0 Å². The van der Waals surface area contributed by atoms with Gasteiger partial charge in [0.05, 0.1) is 6.20 Å². The molecule has 1 aliphatic rings. The quantitative estimate of drug-likeness (QED) is 0.550. The Hall–Kier alpha value is -3.59. The smallest absolute Gasteiger partial charge is 0.178 e. The molecule has 0 bridgehead atoms. The Labute approximate surface area is 162 Å². The SMILES string of the molecule is C(#Cc1ccc(-c2nc3cnccn3c2NC2CCCC2)o1)c1ccccn1. The maximum atomic E-state index is 5.99. The van der Waals surface area contributed by atoms with E-state index < -0.39 is 0 Å². The van der Waals surface area contributed by atoms with E-state index in [4.69, 9.17) is 9.40 Å². The summed E-state index contributed by atoms with van der Waals surface area (Å²) in [6.07, 6.45) is 12.1. The highest BCUT2D eigenvalue weighted by molar-refractivity contribution is 5.73. The van der Waals surface area contributed by atoms with Gasteiger partial charge < -0.3 is 9.73 Å². The lowest BCUT2D eigenvalue weighted by atomic mass is 10.2. The average Bonchev–Trinajstić information content (AvgIpc) is 3.48. The van der Waals surface area contributed by atoms with Crippen molar-refractivity contribution in [2.24, 2.45) is 0 Å². The van der Waals surface area contributed by atoms with Crippen LogP contribution in [0.2, 0.25) is 0 Å². The number of nitrogens with zero attached hydrogens (tertiary/aromatic N) is 4. The summed E-state index contributed by atoms with van der Waals surface area (Å²) in [5, 5.41) is 3.66. The van der Waals surface area contributed by atoms with Crippen molar-refractivity contribution in [1.29, 1.82) is 0 Å². The number of nitrogens with one attached hydrogen (secondary N) is 1. The Kier molecular flexibility index (Phi) is 4.26. The maximum Gasteiger partial charge on any atom is 0.178 e. The van der Waals surface area contributed by atoms with Crippen LogP contribution in [0.25, 0.3) is 17.1 Å². The number of imidazole rings is 1. The zero-order valence-electron chi connectivity index (χ0n) is 15.3. The fraction of sp³-hybridized carbons (Fsp3) is 0.227. The third-order valence-electron chi connectivity index (χ3n) is 4.94. The summed E-state index contributed by atoms with van der Waals surface area (Å²) in [7, 11) is 0. The molecule has 4 aromatic rings. The summed E-state index contributed by atoms with van der Waals surface area (Å²) in [6, 6.07) is 9.90. The molecule has 0 saturated heterocycles. The van der Waals surface area contributed by atoms with Crippen molar-refractivity contribution in [1.82, 2.24) is 19.4 Å². The van der Waals surface area contributed by atoms with E-state index in [0.717, 1.165) is 17.2 Å². The second-order valence-electron chi connectivity index (χ2n) is 6.87. The molecule has 4 aromatic heterocycles. The van der Waals surface area contributed by atoms with Gasteiger partial charge in [0.1, 0.15) is 17.2 Å². The summed E-state index contributed by atoms with van der Waals surface area (Å²) in [5.74, 6) is 8.27. The second kappa shape index (κ2) is 7.20. The number of anilines is 1. The zero-order chi connectivity index (χ0) is 18.8. The van der Waals surface area contributed by atoms with Crippen molar-refractivity contribution in [3.8, 4) is 23.3 Å². The molecule has 6 heteroatoms. The molecule has 0 aromatic carbocycles. The molecule has 5 rings (SSSR count). The highest BCUT2D eigenvalue weighted by Crippen LogP contribution is 2.32. The maximum absolute atomic E-state index is 5.99. The van der Waals surface area contributed by atoms with Crippen molar-refractivity contribution < 1.29 is 4.42 Å². The summed E-state index contributed by atoms with van der Waals surface area (Å²) in [6.45, 7) is 0. The monoisotopic (exact) mass is 369 g/mol. The van der Waals surface area contributed by atoms with Crippen LogP contribution in [0.15, 0.2) is 59.5 Å². The van der Waals surface area contributed by atoms with Crippen molar-refractivity contribution in [3.05, 3.63) is 66.6 Å². The largest absolute Gasteiger partial charge is 0.446 e. The molecule has 28 heavy (non-hydrogen) atoms. The fourth-order valence-electron chi connectivity index (χ4n) is 3.57. The Morgan fingerprint density at radius 1 is 1.07 bits per heavy atom. The number of hydrogen-bond donors (Lipinski definition) is 1. The van der Waals surface area contributed by atoms with Gasteiger partial charge in [-0.1, -0.05) is 18.9 Å². The van der Waals surface area contributed by atoms with Crippen LogP contribution in [0, 0.1) is 11.8 Å². The number of rotatable bonds is 3. The van der Waals surface area contributed by atoms with Gasteiger partial charge in [0.25, 0.3) is 0 Å². The van der Waals surface area contributed by atoms with Crippen molar-refractivity contribution >= 4 is 11.5 Å². The Balaban J connectivity index is 1.51. The van der Waals surface area contributed by atoms with E-state index in [0.29, 0.717) is 23.3 Å². The van der Waals surface area contributed by atoms with Crippen LogP contribution in [0.3, 0.4) is 0 Å². The fourth-order valence-corrected chi connectivity index (χ4v) is 3.57. The molecule has 1 fully saturated rings. The van der Waals surface area contributed by atoms with Crippen LogP contribution < -0.4 is 5.32 Å². The first-order valence-corrected chi connectivity index (χ1v) is 9.49. The lowest BCUT2D eigenvalue weighted by Crippen LogP contribution is -2.16. The summed E-state index contributed by atoms with van der Waals surface area (Å²) < 4.78 is 8.02. The Bertz CT molecular complexity index is 1160. The minimum atomic E-state index is 0.463.